The summed E-state index contributed by atoms with van der Waals surface area (Å²) in [5.74, 6) is -1.02. The second kappa shape index (κ2) is 4.54. The molecule has 0 heterocycles. The van der Waals surface area contributed by atoms with Crippen molar-refractivity contribution in [3.63, 3.8) is 0 Å². The van der Waals surface area contributed by atoms with Gasteiger partial charge in [-0.1, -0.05) is 0 Å². The minimum Gasteiger partial charge on any atom is -0.497 e. The molecular weight excluding hydrogens is 235 g/mol. The summed E-state index contributed by atoms with van der Waals surface area (Å²) >= 11 is 0. The fraction of sp³-hybridized carbons (Fsp3) is 0.333. The Morgan fingerprint density at radius 2 is 1.81 bits per heavy atom. The molecule has 0 unspecified atom stereocenters. The van der Waals surface area contributed by atoms with Crippen LogP contribution in [0.1, 0.15) is 5.56 Å². The van der Waals surface area contributed by atoms with Crippen LogP contribution in [0.15, 0.2) is 18.2 Å². The van der Waals surface area contributed by atoms with Gasteiger partial charge in [-0.05, 0) is 18.2 Å². The van der Waals surface area contributed by atoms with Crippen LogP contribution in [0.25, 0.3) is 0 Å². The molecule has 0 bridgehead atoms. The highest BCUT2D eigenvalue weighted by Gasteiger charge is 2.35. The lowest BCUT2D eigenvalue weighted by atomic mass is 10.2. The zero-order valence-electron chi connectivity index (χ0n) is 8.02. The third-order valence-corrected chi connectivity index (χ3v) is 1.71. The smallest absolute Gasteiger partial charge is 0.420 e. The molecule has 16 heavy (non-hydrogen) atoms. The molecule has 0 fully saturated rings. The number of hydrogen-bond acceptors (Lipinski definition) is 2. The van der Waals surface area contributed by atoms with Gasteiger partial charge in [0.15, 0.2) is 0 Å². The van der Waals surface area contributed by atoms with Crippen molar-refractivity contribution in [2.45, 2.75) is 12.8 Å². The van der Waals surface area contributed by atoms with Crippen LogP contribution >= 0.6 is 0 Å². The number of benzene rings is 1. The summed E-state index contributed by atoms with van der Waals surface area (Å²) in [6.07, 6.45) is -4.78. The van der Waals surface area contributed by atoms with Crippen LogP contribution < -0.4 is 9.47 Å². The van der Waals surface area contributed by atoms with Gasteiger partial charge in [-0.25, -0.2) is 0 Å². The van der Waals surface area contributed by atoms with E-state index in [-0.39, 0.29) is 5.75 Å². The zero-order chi connectivity index (χ0) is 12.3. The van der Waals surface area contributed by atoms with Crippen LogP contribution in [0.5, 0.6) is 11.5 Å². The van der Waals surface area contributed by atoms with Gasteiger partial charge >= 0.3 is 12.8 Å². The Morgan fingerprint density at radius 3 is 2.25 bits per heavy atom. The number of hydrogen-bond donors (Lipinski definition) is 0. The van der Waals surface area contributed by atoms with Gasteiger partial charge in [-0.2, -0.15) is 22.0 Å². The van der Waals surface area contributed by atoms with E-state index in [1.165, 1.54) is 7.11 Å². The first-order valence-corrected chi connectivity index (χ1v) is 4.04. The molecule has 0 N–H and O–H groups in total. The highest BCUT2D eigenvalue weighted by Crippen LogP contribution is 2.38. The SMILES string of the molecule is COc1ccc(OC(F)F)c(C(F)(F)F)c1. The predicted molar refractivity (Wildman–Crippen MR) is 44.6 cm³/mol. The number of ether oxygens (including phenoxy) is 2. The molecule has 2 nitrogen and oxygen atoms in total. The lowest BCUT2D eigenvalue weighted by molar-refractivity contribution is -0.142. The summed E-state index contributed by atoms with van der Waals surface area (Å²) in [6, 6.07) is 2.48. The predicted octanol–water partition coefficient (Wildman–Crippen LogP) is 3.32. The van der Waals surface area contributed by atoms with Crippen molar-refractivity contribution in [2.24, 2.45) is 0 Å². The number of rotatable bonds is 3. The standard InChI is InChI=1S/C9H7F5O2/c1-15-5-2-3-7(16-8(10)11)6(4-5)9(12,13)14/h2-4,8H,1H3. The van der Waals surface area contributed by atoms with Crippen LogP contribution in [-0.2, 0) is 6.18 Å². The quantitative estimate of drug-likeness (QED) is 0.757. The lowest BCUT2D eigenvalue weighted by Crippen LogP contribution is -2.11. The minimum atomic E-state index is -4.78. The van der Waals surface area contributed by atoms with Gasteiger partial charge in [0.2, 0.25) is 0 Å². The normalized spacial score (nSPS) is 11.7. The lowest BCUT2D eigenvalue weighted by Gasteiger charge is -2.14. The van der Waals surface area contributed by atoms with E-state index in [1.807, 2.05) is 0 Å². The van der Waals surface area contributed by atoms with Gasteiger partial charge in [-0.3, -0.25) is 0 Å². The van der Waals surface area contributed by atoms with E-state index < -0.39 is 24.1 Å². The second-order valence-electron chi connectivity index (χ2n) is 2.74. The van der Waals surface area contributed by atoms with Crippen LogP contribution in [0.3, 0.4) is 0 Å². The molecule has 7 heteroatoms. The van der Waals surface area contributed by atoms with Crippen molar-refractivity contribution < 1.29 is 31.4 Å². The largest absolute Gasteiger partial charge is 0.497 e. The molecule has 0 radical (unpaired) electrons. The number of methoxy groups -OCH3 is 1. The molecule has 0 aliphatic rings. The molecule has 1 aromatic rings. The Kier molecular flexibility index (Phi) is 3.56. The molecule has 0 aromatic heterocycles. The third kappa shape index (κ3) is 2.98. The van der Waals surface area contributed by atoms with Crippen molar-refractivity contribution in [3.05, 3.63) is 23.8 Å². The molecule has 0 aliphatic carbocycles. The van der Waals surface area contributed by atoms with Crippen LogP contribution in [-0.4, -0.2) is 13.7 Å². The molecule has 0 amide bonds. The van der Waals surface area contributed by atoms with Crippen LogP contribution in [0.2, 0.25) is 0 Å². The average Bonchev–Trinajstić information content (AvgIpc) is 2.15. The van der Waals surface area contributed by atoms with Crippen molar-refractivity contribution in [1.82, 2.24) is 0 Å². The monoisotopic (exact) mass is 242 g/mol. The van der Waals surface area contributed by atoms with E-state index in [9.17, 15) is 22.0 Å². The summed E-state index contributed by atoms with van der Waals surface area (Å²) in [4.78, 5) is 0. The van der Waals surface area contributed by atoms with Crippen molar-refractivity contribution >= 4 is 0 Å². The summed E-state index contributed by atoms with van der Waals surface area (Å²) in [7, 11) is 1.17. The summed E-state index contributed by atoms with van der Waals surface area (Å²) < 4.78 is 69.3. The van der Waals surface area contributed by atoms with E-state index >= 15 is 0 Å². The van der Waals surface area contributed by atoms with Crippen molar-refractivity contribution in [3.8, 4) is 11.5 Å². The number of halogens is 5. The zero-order valence-corrected chi connectivity index (χ0v) is 8.02. The first-order chi connectivity index (χ1) is 7.34. The molecule has 0 atom stereocenters. The Balaban J connectivity index is 3.17. The van der Waals surface area contributed by atoms with E-state index in [4.69, 9.17) is 0 Å². The Labute approximate surface area is 87.6 Å². The summed E-state index contributed by atoms with van der Waals surface area (Å²) in [5.41, 5.74) is -1.30. The maximum atomic E-state index is 12.4. The Morgan fingerprint density at radius 1 is 1.19 bits per heavy atom. The first-order valence-electron chi connectivity index (χ1n) is 4.04. The Bertz CT molecular complexity index is 361. The summed E-state index contributed by atoms with van der Waals surface area (Å²) in [6.45, 7) is -3.31. The fourth-order valence-corrected chi connectivity index (χ4v) is 1.06. The first kappa shape index (κ1) is 12.5. The van der Waals surface area contributed by atoms with Crippen molar-refractivity contribution in [2.75, 3.05) is 7.11 Å². The molecule has 0 spiro atoms. The number of alkyl halides is 5. The topological polar surface area (TPSA) is 18.5 Å². The van der Waals surface area contributed by atoms with E-state index in [0.29, 0.717) is 6.07 Å². The molecule has 0 aliphatic heterocycles. The van der Waals surface area contributed by atoms with E-state index in [0.717, 1.165) is 12.1 Å². The van der Waals surface area contributed by atoms with Gasteiger partial charge in [-0.15, -0.1) is 0 Å². The summed E-state index contributed by atoms with van der Waals surface area (Å²) in [5, 5.41) is 0. The van der Waals surface area contributed by atoms with Crippen LogP contribution in [0.4, 0.5) is 22.0 Å². The molecular formula is C9H7F5O2. The maximum absolute atomic E-state index is 12.4. The van der Waals surface area contributed by atoms with Crippen LogP contribution in [0, 0.1) is 0 Å². The highest BCUT2D eigenvalue weighted by molar-refractivity contribution is 5.42. The Hall–Kier alpha value is -1.53. The maximum Gasteiger partial charge on any atom is 0.420 e. The van der Waals surface area contributed by atoms with Gasteiger partial charge < -0.3 is 9.47 Å². The van der Waals surface area contributed by atoms with Gasteiger partial charge in [0.1, 0.15) is 17.1 Å². The molecule has 90 valence electrons. The third-order valence-electron chi connectivity index (χ3n) is 1.71. The van der Waals surface area contributed by atoms with Gasteiger partial charge in [0, 0.05) is 0 Å². The van der Waals surface area contributed by atoms with Gasteiger partial charge in [0.05, 0.1) is 7.11 Å². The molecule has 0 saturated carbocycles. The minimum absolute atomic E-state index is 0.0889. The van der Waals surface area contributed by atoms with Crippen molar-refractivity contribution in [1.29, 1.82) is 0 Å². The highest BCUT2D eigenvalue weighted by atomic mass is 19.4. The molecule has 1 rings (SSSR count). The van der Waals surface area contributed by atoms with Gasteiger partial charge in [0.25, 0.3) is 0 Å². The molecule has 0 saturated heterocycles. The average molecular weight is 242 g/mol. The van der Waals surface area contributed by atoms with E-state index in [2.05, 4.69) is 9.47 Å². The molecule has 1 aromatic carbocycles. The second-order valence-corrected chi connectivity index (χ2v) is 2.74. The van der Waals surface area contributed by atoms with E-state index in [1.54, 1.807) is 0 Å². The fourth-order valence-electron chi connectivity index (χ4n) is 1.06.